The second-order valence-corrected chi connectivity index (χ2v) is 11.0. The van der Waals surface area contributed by atoms with Crippen molar-refractivity contribution in [2.45, 2.75) is 56.0 Å². The molecule has 200 valence electrons. The zero-order chi connectivity index (χ0) is 27.3. The molecule has 11 heteroatoms. The minimum absolute atomic E-state index is 0.0540. The molecule has 7 rings (SSSR count). The fourth-order valence-corrected chi connectivity index (χ4v) is 6.63. The van der Waals surface area contributed by atoms with Gasteiger partial charge in [0.2, 0.25) is 0 Å². The lowest BCUT2D eigenvalue weighted by Gasteiger charge is -2.48. The lowest BCUT2D eigenvalue weighted by Crippen LogP contribution is -2.59. The van der Waals surface area contributed by atoms with Crippen molar-refractivity contribution in [3.63, 3.8) is 0 Å². The van der Waals surface area contributed by atoms with Gasteiger partial charge in [-0.05, 0) is 62.1 Å². The van der Waals surface area contributed by atoms with E-state index >= 15 is 4.39 Å². The van der Waals surface area contributed by atoms with Gasteiger partial charge in [0.1, 0.15) is 17.4 Å². The van der Waals surface area contributed by atoms with Gasteiger partial charge in [0, 0.05) is 22.9 Å². The summed E-state index contributed by atoms with van der Waals surface area (Å²) in [5, 5.41) is 13.1. The molecule has 2 atom stereocenters. The lowest BCUT2D eigenvalue weighted by molar-refractivity contribution is -0.0764. The van der Waals surface area contributed by atoms with Crippen molar-refractivity contribution >= 4 is 16.9 Å². The van der Waals surface area contributed by atoms with Crippen LogP contribution in [-0.2, 0) is 5.54 Å². The summed E-state index contributed by atoms with van der Waals surface area (Å²) in [6, 6.07) is 10.5. The Kier molecular flexibility index (Phi) is 4.96. The molecule has 2 aromatic carbocycles. The minimum atomic E-state index is -3.05. The second kappa shape index (κ2) is 8.03. The van der Waals surface area contributed by atoms with Crippen molar-refractivity contribution in [2.24, 2.45) is 5.73 Å². The third-order valence-corrected chi connectivity index (χ3v) is 8.00. The van der Waals surface area contributed by atoms with Crippen LogP contribution in [0.15, 0.2) is 48.7 Å². The monoisotopic (exact) mass is 535 g/mol. The van der Waals surface area contributed by atoms with E-state index in [9.17, 15) is 18.7 Å². The van der Waals surface area contributed by atoms with Gasteiger partial charge in [-0.1, -0.05) is 12.1 Å². The third-order valence-electron chi connectivity index (χ3n) is 8.00. The van der Waals surface area contributed by atoms with Crippen LogP contribution in [-0.4, -0.2) is 37.8 Å². The number of carbonyl (C=O) groups is 1. The summed E-state index contributed by atoms with van der Waals surface area (Å²) in [4.78, 5) is 22.0. The number of aromatic nitrogens is 3. The Balaban J connectivity index is 1.32. The van der Waals surface area contributed by atoms with Crippen molar-refractivity contribution < 1.29 is 27.8 Å². The van der Waals surface area contributed by atoms with Crippen LogP contribution < -0.4 is 15.8 Å². The molecule has 4 aromatic rings. The maximum Gasteiger partial charge on any atom is 0.387 e. The fraction of sp³-hybridized carbons (Fsp3) is 0.321. The van der Waals surface area contributed by atoms with E-state index in [2.05, 4.69) is 10.3 Å². The Labute approximate surface area is 220 Å². The van der Waals surface area contributed by atoms with Gasteiger partial charge in [0.15, 0.2) is 0 Å². The van der Waals surface area contributed by atoms with Gasteiger partial charge in [-0.25, -0.2) is 9.37 Å². The highest BCUT2D eigenvalue weighted by atomic mass is 19.3. The first kappa shape index (κ1) is 24.1. The van der Waals surface area contributed by atoms with Gasteiger partial charge in [0.25, 0.3) is 5.91 Å². The van der Waals surface area contributed by atoms with Crippen molar-refractivity contribution in [3.8, 4) is 16.9 Å². The van der Waals surface area contributed by atoms with Gasteiger partial charge in [-0.2, -0.15) is 8.78 Å². The average molecular weight is 536 g/mol. The van der Waals surface area contributed by atoms with E-state index in [1.54, 1.807) is 31.3 Å². The molecule has 8 nitrogen and oxygen atoms in total. The molecular formula is C28H24F3N5O3. The number of nitrogens with one attached hydrogen (secondary N) is 1. The molecule has 1 amide bonds. The van der Waals surface area contributed by atoms with E-state index in [1.165, 1.54) is 18.2 Å². The normalized spacial score (nSPS) is 27.1. The number of ether oxygens (including phenoxy) is 1. The molecule has 3 aliphatic rings. The number of carbonyl (C=O) groups excluding carboxylic acids is 1. The Morgan fingerprint density at radius 2 is 2.00 bits per heavy atom. The van der Waals surface area contributed by atoms with Crippen LogP contribution in [0.5, 0.6) is 5.75 Å². The van der Waals surface area contributed by atoms with Crippen LogP contribution >= 0.6 is 0 Å². The largest absolute Gasteiger partial charge is 0.434 e. The Bertz CT molecular complexity index is 1680. The number of benzene rings is 2. The maximum atomic E-state index is 15.2. The van der Waals surface area contributed by atoms with Crippen molar-refractivity contribution in [2.75, 3.05) is 0 Å². The van der Waals surface area contributed by atoms with E-state index in [0.29, 0.717) is 40.0 Å². The van der Waals surface area contributed by atoms with Gasteiger partial charge in [-0.3, -0.25) is 9.78 Å². The quantitative estimate of drug-likeness (QED) is 0.359. The number of imidazole rings is 1. The molecule has 4 heterocycles. The molecule has 1 saturated carbocycles. The van der Waals surface area contributed by atoms with Crippen molar-refractivity contribution in [3.05, 3.63) is 77.1 Å². The predicted molar refractivity (Wildman–Crippen MR) is 135 cm³/mol. The standard InChI is InChI=1S/C28H24F3N5O3/c1-27(38)11-28(32,12-27)23-16(29)7-14(10-33-23)13-5-6-17-19(8-13)36-20-9-18(24(36)34-17)35-25(37)15-3-2-4-21(22(15)20)39-26(30)31/h2-8,10,18,20,26,38H,9,11-12,32H2,1H3,(H,35,37)/t18-,20-,27-,28+/m1/s1. The maximum absolute atomic E-state index is 15.2. The molecule has 0 unspecified atom stereocenters. The van der Waals surface area contributed by atoms with Gasteiger partial charge >= 0.3 is 6.61 Å². The Morgan fingerprint density at radius 1 is 1.21 bits per heavy atom. The van der Waals surface area contributed by atoms with Crippen LogP contribution in [0.25, 0.3) is 22.2 Å². The number of rotatable bonds is 4. The highest BCUT2D eigenvalue weighted by Crippen LogP contribution is 2.48. The molecule has 2 bridgehead atoms. The molecular weight excluding hydrogens is 511 g/mol. The summed E-state index contributed by atoms with van der Waals surface area (Å²) in [5.74, 6) is -0.369. The number of hydrogen-bond acceptors (Lipinski definition) is 6. The van der Waals surface area contributed by atoms with Crippen LogP contribution in [0, 0.1) is 5.82 Å². The van der Waals surface area contributed by atoms with Gasteiger partial charge in [-0.15, -0.1) is 0 Å². The van der Waals surface area contributed by atoms with E-state index in [4.69, 9.17) is 15.5 Å². The first-order valence-electron chi connectivity index (χ1n) is 12.6. The zero-order valence-corrected chi connectivity index (χ0v) is 20.8. The molecule has 2 aromatic heterocycles. The van der Waals surface area contributed by atoms with E-state index in [-0.39, 0.29) is 35.8 Å². The number of alkyl halides is 2. The van der Waals surface area contributed by atoms with Gasteiger partial charge < -0.3 is 25.5 Å². The van der Waals surface area contributed by atoms with Crippen LogP contribution in [0.3, 0.4) is 0 Å². The summed E-state index contributed by atoms with van der Waals surface area (Å²) >= 11 is 0. The summed E-state index contributed by atoms with van der Waals surface area (Å²) in [6.45, 7) is -1.39. The van der Waals surface area contributed by atoms with Crippen LogP contribution in [0.2, 0.25) is 0 Å². The molecule has 0 spiro atoms. The number of nitrogens with two attached hydrogens (primary N) is 1. The number of amides is 1. The fourth-order valence-electron chi connectivity index (χ4n) is 6.63. The first-order chi connectivity index (χ1) is 18.5. The molecule has 2 aliphatic heterocycles. The number of halogens is 3. The Morgan fingerprint density at radius 3 is 2.72 bits per heavy atom. The predicted octanol–water partition coefficient (Wildman–Crippen LogP) is 4.32. The third kappa shape index (κ3) is 3.64. The number of fused-ring (bicyclic) bond motifs is 9. The average Bonchev–Trinajstić information content (AvgIpc) is 3.34. The highest BCUT2D eigenvalue weighted by Gasteiger charge is 2.51. The second-order valence-electron chi connectivity index (χ2n) is 11.0. The van der Waals surface area contributed by atoms with Crippen molar-refractivity contribution in [1.29, 1.82) is 0 Å². The number of aliphatic hydroxyl groups is 1. The lowest BCUT2D eigenvalue weighted by atomic mass is 9.64. The zero-order valence-electron chi connectivity index (χ0n) is 20.8. The first-order valence-corrected chi connectivity index (χ1v) is 12.6. The SMILES string of the molecule is C[C@]1(O)C[C@](N)(c2ncc(-c3ccc4nc5n(c4c3)[C@@H]3C[C@H]5NC(=O)c4cccc(OC(F)F)c43)cc2F)C1. The minimum Gasteiger partial charge on any atom is -0.434 e. The summed E-state index contributed by atoms with van der Waals surface area (Å²) < 4.78 is 48.5. The van der Waals surface area contributed by atoms with Crippen LogP contribution in [0.4, 0.5) is 13.2 Å². The number of pyridine rings is 1. The van der Waals surface area contributed by atoms with E-state index < -0.39 is 35.7 Å². The summed E-state index contributed by atoms with van der Waals surface area (Å²) in [5.41, 5.74) is 7.67. The van der Waals surface area contributed by atoms with E-state index in [1.807, 2.05) is 10.6 Å². The summed E-state index contributed by atoms with van der Waals surface area (Å²) in [7, 11) is 0. The molecule has 1 aliphatic carbocycles. The molecule has 39 heavy (non-hydrogen) atoms. The highest BCUT2D eigenvalue weighted by molar-refractivity contribution is 5.98. The number of nitrogens with zero attached hydrogens (tertiary/aromatic N) is 3. The van der Waals surface area contributed by atoms with Gasteiger partial charge in [0.05, 0.1) is 40.0 Å². The molecule has 1 fully saturated rings. The topological polar surface area (TPSA) is 115 Å². The molecule has 4 N–H and O–H groups in total. The van der Waals surface area contributed by atoms with Crippen LogP contribution in [0.1, 0.15) is 65.7 Å². The molecule has 0 saturated heterocycles. The molecule has 0 radical (unpaired) electrons. The smallest absolute Gasteiger partial charge is 0.387 e. The van der Waals surface area contributed by atoms with Crippen molar-refractivity contribution in [1.82, 2.24) is 19.9 Å². The number of hydrogen-bond donors (Lipinski definition) is 3. The van der Waals surface area contributed by atoms with E-state index in [0.717, 1.165) is 0 Å². The Hall–Kier alpha value is -3.96. The summed E-state index contributed by atoms with van der Waals surface area (Å²) in [6.07, 6.45) is 2.41.